The van der Waals surface area contributed by atoms with Gasteiger partial charge in [-0.2, -0.15) is 0 Å². The van der Waals surface area contributed by atoms with Gasteiger partial charge in [-0.05, 0) is 67.1 Å². The van der Waals surface area contributed by atoms with E-state index in [4.69, 9.17) is 0 Å². The molecule has 0 radical (unpaired) electrons. The molecular formula is C24H32N2O2S. The molecule has 2 aromatic carbocycles. The molecule has 0 bridgehead atoms. The highest BCUT2D eigenvalue weighted by Gasteiger charge is 2.19. The Kier molecular flexibility index (Phi) is 7.91. The van der Waals surface area contributed by atoms with Crippen molar-refractivity contribution in [2.75, 3.05) is 10.6 Å². The van der Waals surface area contributed by atoms with Crippen molar-refractivity contribution in [2.24, 2.45) is 5.41 Å². The summed E-state index contributed by atoms with van der Waals surface area (Å²) in [5.41, 5.74) is 3.88. The number of carbonyl (C=O) groups excluding carboxylic acids is 2. The van der Waals surface area contributed by atoms with E-state index >= 15 is 0 Å². The SMILES string of the molecule is CCC(Sc1cccc(NC(=O)CC(C)(C)C)c1)C(=O)Nc1ccc(C)c(C)c1. The number of nitrogens with one attached hydrogen (secondary N) is 2. The lowest BCUT2D eigenvalue weighted by molar-refractivity contribution is -0.118. The first-order valence-corrected chi connectivity index (χ1v) is 10.9. The van der Waals surface area contributed by atoms with Crippen molar-refractivity contribution >= 4 is 35.0 Å². The zero-order valence-electron chi connectivity index (χ0n) is 18.3. The number of benzene rings is 2. The highest BCUT2D eigenvalue weighted by atomic mass is 32.2. The number of rotatable bonds is 7. The molecule has 0 saturated carbocycles. The van der Waals surface area contributed by atoms with Crippen LogP contribution in [0.2, 0.25) is 0 Å². The van der Waals surface area contributed by atoms with Crippen LogP contribution >= 0.6 is 11.8 Å². The van der Waals surface area contributed by atoms with Crippen LogP contribution < -0.4 is 10.6 Å². The first-order valence-electron chi connectivity index (χ1n) is 10.0. The smallest absolute Gasteiger partial charge is 0.237 e. The Morgan fingerprint density at radius 1 is 0.966 bits per heavy atom. The van der Waals surface area contributed by atoms with Crippen molar-refractivity contribution in [3.8, 4) is 0 Å². The van der Waals surface area contributed by atoms with Crippen LogP contribution in [0.3, 0.4) is 0 Å². The van der Waals surface area contributed by atoms with Gasteiger partial charge in [0.2, 0.25) is 11.8 Å². The third-order valence-electron chi connectivity index (χ3n) is 4.52. The van der Waals surface area contributed by atoms with Crippen molar-refractivity contribution < 1.29 is 9.59 Å². The van der Waals surface area contributed by atoms with Crippen molar-refractivity contribution in [2.45, 2.75) is 64.5 Å². The fourth-order valence-electron chi connectivity index (χ4n) is 2.86. The maximum absolute atomic E-state index is 12.8. The van der Waals surface area contributed by atoms with Crippen LogP contribution in [-0.4, -0.2) is 17.1 Å². The standard InChI is InChI=1S/C24H32N2O2S/c1-7-21(23(28)26-19-12-11-16(2)17(3)13-19)29-20-10-8-9-18(14-20)25-22(27)15-24(4,5)6/h8-14,21H,7,15H2,1-6H3,(H,25,27)(H,26,28). The molecule has 0 heterocycles. The first-order chi connectivity index (χ1) is 13.6. The molecule has 0 spiro atoms. The Labute approximate surface area is 178 Å². The minimum atomic E-state index is -0.211. The highest BCUT2D eigenvalue weighted by molar-refractivity contribution is 8.00. The monoisotopic (exact) mass is 412 g/mol. The molecule has 5 heteroatoms. The number of carbonyl (C=O) groups is 2. The van der Waals surface area contributed by atoms with E-state index in [0.29, 0.717) is 12.8 Å². The number of hydrogen-bond acceptors (Lipinski definition) is 3. The number of aryl methyl sites for hydroxylation is 2. The Morgan fingerprint density at radius 2 is 1.66 bits per heavy atom. The summed E-state index contributed by atoms with van der Waals surface area (Å²) in [5.74, 6) is -0.0119. The third kappa shape index (κ3) is 7.58. The summed E-state index contributed by atoms with van der Waals surface area (Å²) in [5, 5.41) is 5.77. The molecule has 1 unspecified atom stereocenters. The van der Waals surface area contributed by atoms with Crippen LogP contribution in [0.4, 0.5) is 11.4 Å². The van der Waals surface area contributed by atoms with Gasteiger partial charge in [-0.3, -0.25) is 9.59 Å². The van der Waals surface area contributed by atoms with E-state index < -0.39 is 0 Å². The Balaban J connectivity index is 2.03. The van der Waals surface area contributed by atoms with E-state index in [9.17, 15) is 9.59 Å². The second-order valence-corrected chi connectivity index (χ2v) is 9.89. The van der Waals surface area contributed by atoms with Gasteiger partial charge in [0.25, 0.3) is 0 Å². The molecule has 2 aromatic rings. The maximum atomic E-state index is 12.8. The lowest BCUT2D eigenvalue weighted by Gasteiger charge is -2.18. The Hall–Kier alpha value is -2.27. The predicted octanol–water partition coefficient (Wildman–Crippen LogP) is 6.19. The van der Waals surface area contributed by atoms with E-state index in [0.717, 1.165) is 21.8 Å². The lowest BCUT2D eigenvalue weighted by atomic mass is 9.92. The normalized spacial score (nSPS) is 12.3. The summed E-state index contributed by atoms with van der Waals surface area (Å²) in [4.78, 5) is 25.9. The van der Waals surface area contributed by atoms with Crippen molar-refractivity contribution in [1.29, 1.82) is 0 Å². The van der Waals surface area contributed by atoms with Crippen LogP contribution in [0, 0.1) is 19.3 Å². The summed E-state index contributed by atoms with van der Waals surface area (Å²) in [6.07, 6.45) is 1.17. The molecule has 0 aromatic heterocycles. The summed E-state index contributed by atoms with van der Waals surface area (Å²) in [6, 6.07) is 13.6. The molecule has 2 rings (SSSR count). The molecule has 0 aliphatic carbocycles. The van der Waals surface area contributed by atoms with Gasteiger partial charge in [0.05, 0.1) is 5.25 Å². The molecule has 4 nitrogen and oxygen atoms in total. The van der Waals surface area contributed by atoms with Gasteiger partial charge in [-0.1, -0.05) is 39.8 Å². The number of amides is 2. The molecule has 0 fully saturated rings. The summed E-state index contributed by atoms with van der Waals surface area (Å²) < 4.78 is 0. The zero-order valence-corrected chi connectivity index (χ0v) is 19.1. The van der Waals surface area contributed by atoms with Gasteiger partial charge in [0.1, 0.15) is 0 Å². The molecule has 2 N–H and O–H groups in total. The molecule has 0 saturated heterocycles. The molecule has 0 aliphatic rings. The van der Waals surface area contributed by atoms with Gasteiger partial charge in [-0.15, -0.1) is 11.8 Å². The molecule has 29 heavy (non-hydrogen) atoms. The molecule has 156 valence electrons. The van der Waals surface area contributed by atoms with Crippen molar-refractivity contribution in [1.82, 2.24) is 0 Å². The van der Waals surface area contributed by atoms with E-state index in [1.165, 1.54) is 17.3 Å². The first kappa shape index (κ1) is 23.0. The number of hydrogen-bond donors (Lipinski definition) is 2. The fraction of sp³-hybridized carbons (Fsp3) is 0.417. The average Bonchev–Trinajstić information content (AvgIpc) is 2.61. The Morgan fingerprint density at radius 3 is 2.28 bits per heavy atom. The van der Waals surface area contributed by atoms with Gasteiger partial charge in [0.15, 0.2) is 0 Å². The van der Waals surface area contributed by atoms with Crippen LogP contribution in [0.25, 0.3) is 0 Å². The van der Waals surface area contributed by atoms with Crippen LogP contribution in [0.1, 0.15) is 51.7 Å². The summed E-state index contributed by atoms with van der Waals surface area (Å²) >= 11 is 1.51. The van der Waals surface area contributed by atoms with E-state index in [2.05, 4.69) is 17.6 Å². The van der Waals surface area contributed by atoms with E-state index in [-0.39, 0.29) is 22.5 Å². The zero-order chi connectivity index (χ0) is 21.6. The second-order valence-electron chi connectivity index (χ2n) is 8.62. The molecule has 2 amide bonds. The van der Waals surface area contributed by atoms with Crippen LogP contribution in [0.15, 0.2) is 47.4 Å². The van der Waals surface area contributed by atoms with Gasteiger partial charge in [0, 0.05) is 22.7 Å². The van der Waals surface area contributed by atoms with E-state index in [1.807, 2.05) is 77.1 Å². The summed E-state index contributed by atoms with van der Waals surface area (Å²) in [7, 11) is 0. The van der Waals surface area contributed by atoms with Gasteiger partial charge >= 0.3 is 0 Å². The van der Waals surface area contributed by atoms with Crippen LogP contribution in [-0.2, 0) is 9.59 Å². The van der Waals surface area contributed by atoms with Gasteiger partial charge < -0.3 is 10.6 Å². The van der Waals surface area contributed by atoms with Gasteiger partial charge in [-0.25, -0.2) is 0 Å². The average molecular weight is 413 g/mol. The minimum Gasteiger partial charge on any atom is -0.326 e. The third-order valence-corrected chi connectivity index (χ3v) is 5.88. The lowest BCUT2D eigenvalue weighted by Crippen LogP contribution is -2.24. The molecular weight excluding hydrogens is 380 g/mol. The predicted molar refractivity (Wildman–Crippen MR) is 124 cm³/mol. The summed E-state index contributed by atoms with van der Waals surface area (Å²) in [6.45, 7) is 12.2. The topological polar surface area (TPSA) is 58.2 Å². The molecule has 0 aliphatic heterocycles. The van der Waals surface area contributed by atoms with Crippen molar-refractivity contribution in [3.05, 3.63) is 53.6 Å². The van der Waals surface area contributed by atoms with E-state index in [1.54, 1.807) is 0 Å². The quantitative estimate of drug-likeness (QED) is 0.533. The fourth-order valence-corrected chi connectivity index (χ4v) is 3.88. The largest absolute Gasteiger partial charge is 0.326 e. The number of anilines is 2. The molecule has 1 atom stereocenters. The maximum Gasteiger partial charge on any atom is 0.237 e. The second kappa shape index (κ2) is 9.97. The minimum absolute atomic E-state index is 0.000763. The Bertz CT molecular complexity index is 871. The van der Waals surface area contributed by atoms with Crippen LogP contribution in [0.5, 0.6) is 0 Å². The number of thioether (sulfide) groups is 1. The van der Waals surface area contributed by atoms with Crippen molar-refractivity contribution in [3.63, 3.8) is 0 Å². The highest BCUT2D eigenvalue weighted by Crippen LogP contribution is 2.29.